The van der Waals surface area contributed by atoms with Crippen molar-refractivity contribution in [2.75, 3.05) is 33.2 Å². The van der Waals surface area contributed by atoms with Crippen LogP contribution in [0.1, 0.15) is 27.7 Å². The topological polar surface area (TPSA) is 67.7 Å². The molecule has 0 atom stereocenters. The molecular weight excluding hydrogens is 264 g/mol. The monoisotopic (exact) mass is 288 g/mol. The second-order valence-corrected chi connectivity index (χ2v) is 7.66. The normalized spacial score (nSPS) is 19.9. The SMILES string of the molecule is CC(C)N(C)S(=O)(=O)N1CCN(C(C)(C)C#N)CC1. The average Bonchev–Trinajstić information content (AvgIpc) is 2.37. The fourth-order valence-corrected chi connectivity index (χ4v) is 3.52. The summed E-state index contributed by atoms with van der Waals surface area (Å²) in [4.78, 5) is 2.02. The van der Waals surface area contributed by atoms with Crippen LogP contribution in [-0.2, 0) is 10.2 Å². The van der Waals surface area contributed by atoms with Gasteiger partial charge in [-0.2, -0.15) is 22.3 Å². The maximum absolute atomic E-state index is 12.3. The molecule has 1 fully saturated rings. The van der Waals surface area contributed by atoms with Crippen LogP contribution < -0.4 is 0 Å². The summed E-state index contributed by atoms with van der Waals surface area (Å²) < 4.78 is 27.5. The highest BCUT2D eigenvalue weighted by Gasteiger charge is 2.35. The molecule has 0 aromatic heterocycles. The smallest absolute Gasteiger partial charge is 0.282 e. The number of hydrogen-bond acceptors (Lipinski definition) is 4. The molecule has 19 heavy (non-hydrogen) atoms. The van der Waals surface area contributed by atoms with Gasteiger partial charge < -0.3 is 0 Å². The third kappa shape index (κ3) is 3.45. The zero-order valence-electron chi connectivity index (χ0n) is 12.4. The van der Waals surface area contributed by atoms with E-state index in [1.54, 1.807) is 7.05 Å². The summed E-state index contributed by atoms with van der Waals surface area (Å²) in [6.07, 6.45) is 0. The minimum absolute atomic E-state index is 0.0569. The van der Waals surface area contributed by atoms with Crippen molar-refractivity contribution in [2.24, 2.45) is 0 Å². The highest BCUT2D eigenvalue weighted by molar-refractivity contribution is 7.86. The van der Waals surface area contributed by atoms with Gasteiger partial charge in [0.25, 0.3) is 10.2 Å². The molecule has 0 bridgehead atoms. The quantitative estimate of drug-likeness (QED) is 0.755. The lowest BCUT2D eigenvalue weighted by molar-refractivity contribution is 0.112. The molecule has 0 spiro atoms. The molecule has 0 aromatic carbocycles. The minimum Gasteiger partial charge on any atom is -0.283 e. The summed E-state index contributed by atoms with van der Waals surface area (Å²) in [6.45, 7) is 9.47. The molecule has 0 unspecified atom stereocenters. The van der Waals surface area contributed by atoms with Crippen molar-refractivity contribution in [1.29, 1.82) is 5.26 Å². The van der Waals surface area contributed by atoms with E-state index in [0.717, 1.165) is 0 Å². The van der Waals surface area contributed by atoms with Gasteiger partial charge >= 0.3 is 0 Å². The van der Waals surface area contributed by atoms with E-state index in [1.165, 1.54) is 8.61 Å². The third-order valence-corrected chi connectivity index (χ3v) is 5.89. The fraction of sp³-hybridized carbons (Fsp3) is 0.917. The van der Waals surface area contributed by atoms with Gasteiger partial charge in [0.15, 0.2) is 0 Å². The first-order valence-electron chi connectivity index (χ1n) is 6.52. The van der Waals surface area contributed by atoms with Gasteiger partial charge in [0.2, 0.25) is 0 Å². The van der Waals surface area contributed by atoms with Gasteiger partial charge in [-0.05, 0) is 27.7 Å². The van der Waals surface area contributed by atoms with Crippen molar-refractivity contribution in [1.82, 2.24) is 13.5 Å². The summed E-state index contributed by atoms with van der Waals surface area (Å²) in [5, 5.41) is 9.10. The van der Waals surface area contributed by atoms with E-state index in [9.17, 15) is 8.42 Å². The second-order valence-electron chi connectivity index (χ2n) is 5.67. The minimum atomic E-state index is -3.38. The maximum atomic E-state index is 12.3. The van der Waals surface area contributed by atoms with Crippen LogP contribution >= 0.6 is 0 Å². The predicted octanol–water partition coefficient (Wildman–Crippen LogP) is 0.491. The van der Waals surface area contributed by atoms with Crippen LogP contribution in [0.15, 0.2) is 0 Å². The summed E-state index contributed by atoms with van der Waals surface area (Å²) in [7, 11) is -1.78. The Kier molecular flexibility index (Phi) is 4.96. The molecule has 1 heterocycles. The molecular formula is C12H24N4O2S. The Balaban J connectivity index is 2.72. The van der Waals surface area contributed by atoms with Gasteiger partial charge in [0, 0.05) is 39.3 Å². The molecule has 0 aliphatic carbocycles. The molecule has 6 nitrogen and oxygen atoms in total. The first-order valence-corrected chi connectivity index (χ1v) is 7.92. The molecule has 0 amide bonds. The molecule has 1 aliphatic rings. The highest BCUT2D eigenvalue weighted by atomic mass is 32.2. The highest BCUT2D eigenvalue weighted by Crippen LogP contribution is 2.19. The van der Waals surface area contributed by atoms with Gasteiger partial charge in [0.05, 0.1) is 6.07 Å². The van der Waals surface area contributed by atoms with Crippen LogP contribution in [0.5, 0.6) is 0 Å². The van der Waals surface area contributed by atoms with Crippen LogP contribution in [0.25, 0.3) is 0 Å². The molecule has 0 saturated carbocycles. The number of nitriles is 1. The molecule has 7 heteroatoms. The predicted molar refractivity (Wildman–Crippen MR) is 74.7 cm³/mol. The van der Waals surface area contributed by atoms with Crippen LogP contribution in [0.4, 0.5) is 0 Å². The first kappa shape index (κ1) is 16.4. The lowest BCUT2D eigenvalue weighted by Gasteiger charge is -2.41. The van der Waals surface area contributed by atoms with Gasteiger partial charge in [-0.25, -0.2) is 0 Å². The molecule has 110 valence electrons. The van der Waals surface area contributed by atoms with Crippen molar-refractivity contribution in [3.8, 4) is 6.07 Å². The van der Waals surface area contributed by atoms with E-state index in [0.29, 0.717) is 26.2 Å². The van der Waals surface area contributed by atoms with Crippen LogP contribution in [-0.4, -0.2) is 66.7 Å². The van der Waals surface area contributed by atoms with E-state index >= 15 is 0 Å². The Morgan fingerprint density at radius 1 is 1.21 bits per heavy atom. The number of rotatable bonds is 4. The van der Waals surface area contributed by atoms with E-state index in [4.69, 9.17) is 5.26 Å². The van der Waals surface area contributed by atoms with Crippen LogP contribution in [0.2, 0.25) is 0 Å². The fourth-order valence-electron chi connectivity index (χ4n) is 2.00. The Morgan fingerprint density at radius 2 is 1.68 bits per heavy atom. The van der Waals surface area contributed by atoms with Crippen LogP contribution in [0, 0.1) is 11.3 Å². The van der Waals surface area contributed by atoms with Gasteiger partial charge in [-0.3, -0.25) is 4.90 Å². The average molecular weight is 288 g/mol. The molecule has 1 rings (SSSR count). The van der Waals surface area contributed by atoms with Gasteiger partial charge in [-0.1, -0.05) is 0 Å². The van der Waals surface area contributed by atoms with Crippen molar-refractivity contribution in [3.05, 3.63) is 0 Å². The van der Waals surface area contributed by atoms with Crippen molar-refractivity contribution in [2.45, 2.75) is 39.3 Å². The number of piperazine rings is 1. The zero-order valence-corrected chi connectivity index (χ0v) is 13.2. The summed E-state index contributed by atoms with van der Waals surface area (Å²) in [6, 6.07) is 2.20. The second kappa shape index (κ2) is 5.75. The van der Waals surface area contributed by atoms with E-state index < -0.39 is 15.7 Å². The molecule has 0 radical (unpaired) electrons. The maximum Gasteiger partial charge on any atom is 0.282 e. The van der Waals surface area contributed by atoms with Crippen molar-refractivity contribution in [3.63, 3.8) is 0 Å². The van der Waals surface area contributed by atoms with Crippen LogP contribution in [0.3, 0.4) is 0 Å². The number of hydrogen-bond donors (Lipinski definition) is 0. The largest absolute Gasteiger partial charge is 0.283 e. The molecule has 0 N–H and O–H groups in total. The standard InChI is InChI=1S/C12H24N4O2S/c1-11(2)14(5)19(17,18)16-8-6-15(7-9-16)12(3,4)10-13/h11H,6-9H2,1-5H3. The third-order valence-electron chi connectivity index (χ3n) is 3.72. The van der Waals surface area contributed by atoms with Crippen molar-refractivity contribution >= 4 is 10.2 Å². The van der Waals surface area contributed by atoms with Gasteiger partial charge in [-0.15, -0.1) is 0 Å². The van der Waals surface area contributed by atoms with E-state index in [1.807, 2.05) is 32.6 Å². The first-order chi connectivity index (χ1) is 8.63. The van der Waals surface area contributed by atoms with E-state index in [2.05, 4.69) is 6.07 Å². The Morgan fingerprint density at radius 3 is 2.05 bits per heavy atom. The summed E-state index contributed by atoms with van der Waals surface area (Å²) in [5.74, 6) is 0. The summed E-state index contributed by atoms with van der Waals surface area (Å²) >= 11 is 0. The Hall–Kier alpha value is -0.680. The lowest BCUT2D eigenvalue weighted by atomic mass is 10.0. The summed E-state index contributed by atoms with van der Waals surface area (Å²) in [5.41, 5.74) is -0.542. The van der Waals surface area contributed by atoms with Crippen molar-refractivity contribution < 1.29 is 8.42 Å². The van der Waals surface area contributed by atoms with Gasteiger partial charge in [0.1, 0.15) is 5.54 Å². The van der Waals surface area contributed by atoms with E-state index in [-0.39, 0.29) is 6.04 Å². The number of nitrogens with zero attached hydrogens (tertiary/aromatic N) is 4. The Labute approximate surface area is 116 Å². The molecule has 1 saturated heterocycles. The molecule has 1 aliphatic heterocycles. The molecule has 0 aromatic rings. The zero-order chi connectivity index (χ0) is 14.8. The lowest BCUT2D eigenvalue weighted by Crippen LogP contribution is -2.57. The Bertz CT molecular complexity index is 445.